The monoisotopic (exact) mass is 286 g/mol. The Morgan fingerprint density at radius 1 is 1.14 bits per heavy atom. The predicted molar refractivity (Wildman–Crippen MR) is 80.2 cm³/mol. The van der Waals surface area contributed by atoms with Crippen molar-refractivity contribution in [2.24, 2.45) is 0 Å². The molecule has 1 aromatic heterocycles. The van der Waals surface area contributed by atoms with Crippen LogP contribution in [0.2, 0.25) is 0 Å². The van der Waals surface area contributed by atoms with Gasteiger partial charge in [-0.3, -0.25) is 4.79 Å². The van der Waals surface area contributed by atoms with Crippen LogP contribution in [0.25, 0.3) is 10.9 Å². The minimum atomic E-state index is -1.25. The van der Waals surface area contributed by atoms with Crippen molar-refractivity contribution in [3.63, 3.8) is 0 Å². The minimum Gasteiger partial charge on any atom is -0.480 e. The number of para-hydroxylation sites is 1. The maximum Gasteiger partial charge on any atom is 0.329 e. The summed E-state index contributed by atoms with van der Waals surface area (Å²) < 4.78 is 0. The lowest BCUT2D eigenvalue weighted by Crippen LogP contribution is -2.53. The molecule has 1 amide bonds. The fourth-order valence-electron chi connectivity index (χ4n) is 2.26. The topological polar surface area (TPSA) is 79.3 Å². The van der Waals surface area contributed by atoms with E-state index in [4.69, 9.17) is 0 Å². The summed E-state index contributed by atoms with van der Waals surface area (Å²) in [5, 5.41) is 12.9. The molecule has 0 aliphatic rings. The average molecular weight is 286 g/mol. The van der Waals surface area contributed by atoms with Crippen LogP contribution in [0.5, 0.6) is 0 Å². The van der Waals surface area contributed by atoms with Crippen LogP contribution in [0, 0.1) is 0 Å². The Morgan fingerprint density at radius 3 is 2.43 bits per heavy atom. The Morgan fingerprint density at radius 2 is 1.81 bits per heavy atom. The SMILES string of the molecule is CCC(CC)(NC(=O)c1ccc2ccccc2n1)C(=O)O. The van der Waals surface area contributed by atoms with Gasteiger partial charge in [-0.2, -0.15) is 0 Å². The third-order valence-corrected chi connectivity index (χ3v) is 3.80. The molecule has 0 bridgehead atoms. The Bertz CT molecular complexity index is 678. The highest BCUT2D eigenvalue weighted by atomic mass is 16.4. The maximum atomic E-state index is 12.3. The van der Waals surface area contributed by atoms with Gasteiger partial charge in [0.05, 0.1) is 5.52 Å². The molecule has 0 saturated heterocycles. The smallest absolute Gasteiger partial charge is 0.329 e. The number of carboxylic acids is 1. The summed E-state index contributed by atoms with van der Waals surface area (Å²) in [6.45, 7) is 3.48. The molecule has 2 rings (SSSR count). The molecule has 1 aromatic carbocycles. The number of fused-ring (bicyclic) bond motifs is 1. The van der Waals surface area contributed by atoms with Crippen molar-refractivity contribution < 1.29 is 14.7 Å². The first kappa shape index (κ1) is 15.0. The Labute approximate surface area is 123 Å². The number of aliphatic carboxylic acids is 1. The molecule has 2 aromatic rings. The van der Waals surface area contributed by atoms with E-state index in [1.807, 2.05) is 24.3 Å². The highest BCUT2D eigenvalue weighted by Gasteiger charge is 2.36. The number of hydrogen-bond donors (Lipinski definition) is 2. The zero-order valence-corrected chi connectivity index (χ0v) is 12.1. The van der Waals surface area contributed by atoms with E-state index in [2.05, 4.69) is 10.3 Å². The Kier molecular flexibility index (Phi) is 4.21. The van der Waals surface area contributed by atoms with Crippen LogP contribution < -0.4 is 5.32 Å². The summed E-state index contributed by atoms with van der Waals surface area (Å²) in [6.07, 6.45) is 0.635. The van der Waals surface area contributed by atoms with Crippen LogP contribution in [0.3, 0.4) is 0 Å². The summed E-state index contributed by atoms with van der Waals surface area (Å²) in [5.41, 5.74) is -0.315. The average Bonchev–Trinajstić information content (AvgIpc) is 2.51. The molecule has 0 fully saturated rings. The number of hydrogen-bond acceptors (Lipinski definition) is 3. The van der Waals surface area contributed by atoms with Crippen molar-refractivity contribution in [2.75, 3.05) is 0 Å². The van der Waals surface area contributed by atoms with Crippen LogP contribution >= 0.6 is 0 Å². The first-order valence-corrected chi connectivity index (χ1v) is 6.94. The summed E-state index contributed by atoms with van der Waals surface area (Å²) in [7, 11) is 0. The zero-order chi connectivity index (χ0) is 15.5. The van der Waals surface area contributed by atoms with Crippen molar-refractivity contribution in [3.05, 3.63) is 42.1 Å². The van der Waals surface area contributed by atoms with Crippen LogP contribution in [0.4, 0.5) is 0 Å². The van der Waals surface area contributed by atoms with Gasteiger partial charge in [0.1, 0.15) is 11.2 Å². The molecule has 0 radical (unpaired) electrons. The van der Waals surface area contributed by atoms with E-state index in [0.29, 0.717) is 18.4 Å². The number of nitrogens with zero attached hydrogens (tertiary/aromatic N) is 1. The van der Waals surface area contributed by atoms with E-state index in [9.17, 15) is 14.7 Å². The van der Waals surface area contributed by atoms with E-state index in [0.717, 1.165) is 5.39 Å². The van der Waals surface area contributed by atoms with E-state index in [-0.39, 0.29) is 5.69 Å². The second-order valence-corrected chi connectivity index (χ2v) is 4.94. The van der Waals surface area contributed by atoms with Crippen molar-refractivity contribution >= 4 is 22.8 Å². The van der Waals surface area contributed by atoms with Crippen LogP contribution in [0.1, 0.15) is 37.2 Å². The molecule has 0 unspecified atom stereocenters. The van der Waals surface area contributed by atoms with Gasteiger partial charge in [0.15, 0.2) is 0 Å². The number of carbonyl (C=O) groups is 2. The van der Waals surface area contributed by atoms with Crippen molar-refractivity contribution in [2.45, 2.75) is 32.2 Å². The summed E-state index contributed by atoms with van der Waals surface area (Å²) in [6, 6.07) is 10.9. The molecule has 2 N–H and O–H groups in total. The number of nitrogens with one attached hydrogen (secondary N) is 1. The highest BCUT2D eigenvalue weighted by Crippen LogP contribution is 2.17. The third kappa shape index (κ3) is 2.86. The molecule has 0 saturated carbocycles. The van der Waals surface area contributed by atoms with Crippen LogP contribution in [-0.4, -0.2) is 27.5 Å². The molecule has 1 heterocycles. The van der Waals surface area contributed by atoms with Gasteiger partial charge in [-0.1, -0.05) is 38.1 Å². The second-order valence-electron chi connectivity index (χ2n) is 4.94. The number of aromatic nitrogens is 1. The largest absolute Gasteiger partial charge is 0.480 e. The van der Waals surface area contributed by atoms with E-state index < -0.39 is 17.4 Å². The highest BCUT2D eigenvalue weighted by molar-refractivity contribution is 5.98. The van der Waals surface area contributed by atoms with Gasteiger partial charge in [-0.15, -0.1) is 0 Å². The predicted octanol–water partition coefficient (Wildman–Crippen LogP) is 2.61. The fourth-order valence-corrected chi connectivity index (χ4v) is 2.26. The van der Waals surface area contributed by atoms with E-state index >= 15 is 0 Å². The third-order valence-electron chi connectivity index (χ3n) is 3.80. The van der Waals surface area contributed by atoms with Crippen molar-refractivity contribution in [1.29, 1.82) is 0 Å². The van der Waals surface area contributed by atoms with Gasteiger partial charge in [-0.05, 0) is 25.0 Å². The Balaban J connectivity index is 2.31. The Hall–Kier alpha value is -2.43. The number of carboxylic acid groups (broad SMARTS) is 1. The van der Waals surface area contributed by atoms with E-state index in [1.54, 1.807) is 26.0 Å². The second kappa shape index (κ2) is 5.91. The van der Waals surface area contributed by atoms with Crippen molar-refractivity contribution in [1.82, 2.24) is 10.3 Å². The summed E-state index contributed by atoms with van der Waals surface area (Å²) in [4.78, 5) is 28.0. The first-order valence-electron chi connectivity index (χ1n) is 6.94. The minimum absolute atomic E-state index is 0.223. The molecule has 0 aliphatic carbocycles. The zero-order valence-electron chi connectivity index (χ0n) is 12.1. The lowest BCUT2D eigenvalue weighted by molar-refractivity contribution is -0.144. The number of pyridine rings is 1. The number of rotatable bonds is 5. The first-order chi connectivity index (χ1) is 10.0. The van der Waals surface area contributed by atoms with Crippen molar-refractivity contribution in [3.8, 4) is 0 Å². The van der Waals surface area contributed by atoms with Crippen LogP contribution in [0.15, 0.2) is 36.4 Å². The molecule has 110 valence electrons. The maximum absolute atomic E-state index is 12.3. The molecule has 0 spiro atoms. The molecule has 5 heteroatoms. The summed E-state index contributed by atoms with van der Waals surface area (Å²) >= 11 is 0. The lowest BCUT2D eigenvalue weighted by atomic mass is 9.92. The molecular formula is C16H18N2O3. The summed E-state index contributed by atoms with van der Waals surface area (Å²) in [5.74, 6) is -1.49. The number of amides is 1. The molecule has 21 heavy (non-hydrogen) atoms. The quantitative estimate of drug-likeness (QED) is 0.885. The molecule has 0 aliphatic heterocycles. The fraction of sp³-hybridized carbons (Fsp3) is 0.312. The van der Waals surface area contributed by atoms with Gasteiger partial charge >= 0.3 is 5.97 Å². The number of carbonyl (C=O) groups excluding carboxylic acids is 1. The lowest BCUT2D eigenvalue weighted by Gasteiger charge is -2.27. The molecule has 0 atom stereocenters. The number of benzene rings is 1. The van der Waals surface area contributed by atoms with E-state index in [1.165, 1.54) is 0 Å². The van der Waals surface area contributed by atoms with Crippen LogP contribution in [-0.2, 0) is 4.79 Å². The van der Waals surface area contributed by atoms with Gasteiger partial charge < -0.3 is 10.4 Å². The molecule has 5 nitrogen and oxygen atoms in total. The van der Waals surface area contributed by atoms with Gasteiger partial charge in [0, 0.05) is 5.39 Å². The van der Waals surface area contributed by atoms with Gasteiger partial charge in [0.2, 0.25) is 0 Å². The normalized spacial score (nSPS) is 11.3. The molecular weight excluding hydrogens is 268 g/mol. The van der Waals surface area contributed by atoms with Gasteiger partial charge in [0.25, 0.3) is 5.91 Å². The van der Waals surface area contributed by atoms with Gasteiger partial charge in [-0.25, -0.2) is 9.78 Å². The standard InChI is InChI=1S/C16H18N2O3/c1-3-16(4-2,15(20)21)18-14(19)13-10-9-11-7-5-6-8-12(11)17-13/h5-10H,3-4H2,1-2H3,(H,18,19)(H,20,21).